The Kier molecular flexibility index (Phi) is 5.37. The number of carboxylic acid groups (broad SMARTS) is 1. The van der Waals surface area contributed by atoms with Crippen LogP contribution in [0.25, 0.3) is 0 Å². The van der Waals surface area contributed by atoms with Gasteiger partial charge in [-0.05, 0) is 42.5 Å². The van der Waals surface area contributed by atoms with Crippen LogP contribution in [0.1, 0.15) is 10.4 Å². The summed E-state index contributed by atoms with van der Waals surface area (Å²) in [5.41, 5.74) is 1.39. The predicted molar refractivity (Wildman–Crippen MR) is 92.8 cm³/mol. The van der Waals surface area contributed by atoms with Crippen LogP contribution >= 0.6 is 12.2 Å². The van der Waals surface area contributed by atoms with Crippen molar-refractivity contribution in [2.75, 3.05) is 24.9 Å². The first kappa shape index (κ1) is 16.6. The average Bonchev–Trinajstić information content (AvgIpc) is 2.54. The molecule has 0 radical (unpaired) electrons. The number of hydrogen-bond donors (Lipinski definition) is 3. The molecule has 0 aliphatic rings. The Labute approximate surface area is 139 Å². The minimum atomic E-state index is -0.998. The molecular formula is C16H16N2O4S. The first-order chi connectivity index (χ1) is 11.0. The Balaban J connectivity index is 2.13. The van der Waals surface area contributed by atoms with Crippen LogP contribution in [0.5, 0.6) is 11.5 Å². The first-order valence-corrected chi connectivity index (χ1v) is 7.07. The summed E-state index contributed by atoms with van der Waals surface area (Å²) in [6, 6.07) is 11.7. The highest BCUT2D eigenvalue weighted by molar-refractivity contribution is 7.80. The summed E-state index contributed by atoms with van der Waals surface area (Å²) >= 11 is 5.25. The maximum atomic E-state index is 11.0. The van der Waals surface area contributed by atoms with E-state index in [2.05, 4.69) is 10.6 Å². The topological polar surface area (TPSA) is 79.8 Å². The van der Waals surface area contributed by atoms with E-state index in [1.54, 1.807) is 44.6 Å². The van der Waals surface area contributed by atoms with Crippen LogP contribution in [-0.2, 0) is 0 Å². The molecule has 0 saturated carbocycles. The summed E-state index contributed by atoms with van der Waals surface area (Å²) < 4.78 is 10.4. The second-order valence-electron chi connectivity index (χ2n) is 4.53. The maximum Gasteiger partial charge on any atom is 0.335 e. The van der Waals surface area contributed by atoms with Gasteiger partial charge in [0, 0.05) is 11.8 Å². The number of anilines is 2. The molecule has 0 spiro atoms. The van der Waals surface area contributed by atoms with Crippen molar-refractivity contribution in [3.63, 3.8) is 0 Å². The molecule has 0 saturated heterocycles. The van der Waals surface area contributed by atoms with E-state index < -0.39 is 5.97 Å². The molecule has 0 bridgehead atoms. The smallest absolute Gasteiger partial charge is 0.335 e. The van der Waals surface area contributed by atoms with E-state index in [4.69, 9.17) is 26.8 Å². The number of methoxy groups -OCH3 is 2. The monoisotopic (exact) mass is 332 g/mol. The van der Waals surface area contributed by atoms with E-state index in [-0.39, 0.29) is 5.56 Å². The largest absolute Gasteiger partial charge is 0.497 e. The van der Waals surface area contributed by atoms with Gasteiger partial charge in [-0.2, -0.15) is 0 Å². The normalized spacial score (nSPS) is 9.83. The van der Waals surface area contributed by atoms with E-state index >= 15 is 0 Å². The summed E-state index contributed by atoms with van der Waals surface area (Å²) in [4.78, 5) is 11.0. The van der Waals surface area contributed by atoms with Crippen molar-refractivity contribution < 1.29 is 19.4 Å². The van der Waals surface area contributed by atoms with Crippen LogP contribution in [0.4, 0.5) is 11.4 Å². The fraction of sp³-hybridized carbons (Fsp3) is 0.125. The minimum Gasteiger partial charge on any atom is -0.497 e. The molecule has 0 aliphatic heterocycles. The number of rotatable bonds is 5. The predicted octanol–water partition coefficient (Wildman–Crippen LogP) is 3.21. The Morgan fingerprint density at radius 2 is 1.87 bits per heavy atom. The number of ether oxygens (including phenoxy) is 2. The van der Waals surface area contributed by atoms with Crippen LogP contribution in [0.2, 0.25) is 0 Å². The lowest BCUT2D eigenvalue weighted by atomic mass is 10.2. The SMILES string of the molecule is COc1ccc(OC)c(NC(=S)Nc2cccc(C(=O)O)c2)c1. The fourth-order valence-corrected chi connectivity index (χ4v) is 2.15. The van der Waals surface area contributed by atoms with Crippen molar-refractivity contribution in [1.82, 2.24) is 0 Å². The van der Waals surface area contributed by atoms with Gasteiger partial charge >= 0.3 is 5.97 Å². The zero-order valence-electron chi connectivity index (χ0n) is 12.6. The van der Waals surface area contributed by atoms with Gasteiger partial charge < -0.3 is 25.2 Å². The zero-order valence-corrected chi connectivity index (χ0v) is 13.4. The van der Waals surface area contributed by atoms with Gasteiger partial charge in [0.05, 0.1) is 25.5 Å². The van der Waals surface area contributed by atoms with Crippen molar-refractivity contribution in [3.05, 3.63) is 48.0 Å². The Morgan fingerprint density at radius 1 is 1.09 bits per heavy atom. The van der Waals surface area contributed by atoms with Crippen LogP contribution in [0.15, 0.2) is 42.5 Å². The first-order valence-electron chi connectivity index (χ1n) is 6.67. The molecule has 0 fully saturated rings. The maximum absolute atomic E-state index is 11.0. The van der Waals surface area contributed by atoms with E-state index in [1.165, 1.54) is 12.1 Å². The Bertz CT molecular complexity index is 734. The van der Waals surface area contributed by atoms with Gasteiger partial charge in [0.15, 0.2) is 5.11 Å². The fourth-order valence-electron chi connectivity index (χ4n) is 1.93. The third-order valence-electron chi connectivity index (χ3n) is 3.02. The number of carbonyl (C=O) groups is 1. The van der Waals surface area contributed by atoms with Crippen molar-refractivity contribution >= 4 is 34.7 Å². The highest BCUT2D eigenvalue weighted by Crippen LogP contribution is 2.29. The molecule has 120 valence electrons. The van der Waals surface area contributed by atoms with E-state index in [1.807, 2.05) is 0 Å². The van der Waals surface area contributed by atoms with E-state index in [9.17, 15) is 4.79 Å². The summed E-state index contributed by atoms with van der Waals surface area (Å²) in [5, 5.41) is 15.2. The quantitative estimate of drug-likeness (QED) is 0.726. The second kappa shape index (κ2) is 7.46. The van der Waals surface area contributed by atoms with Gasteiger partial charge in [0.2, 0.25) is 0 Å². The van der Waals surface area contributed by atoms with Gasteiger partial charge in [-0.15, -0.1) is 0 Å². The number of carboxylic acids is 1. The Morgan fingerprint density at radius 3 is 2.52 bits per heavy atom. The molecular weight excluding hydrogens is 316 g/mol. The van der Waals surface area contributed by atoms with Crippen LogP contribution in [0.3, 0.4) is 0 Å². The van der Waals surface area contributed by atoms with Gasteiger partial charge in [-0.1, -0.05) is 6.07 Å². The van der Waals surface area contributed by atoms with Crippen LogP contribution < -0.4 is 20.1 Å². The van der Waals surface area contributed by atoms with Gasteiger partial charge in [-0.3, -0.25) is 0 Å². The molecule has 2 aromatic rings. The molecule has 0 aromatic heterocycles. The van der Waals surface area contributed by atoms with Crippen LogP contribution in [-0.4, -0.2) is 30.4 Å². The molecule has 2 rings (SSSR count). The number of aromatic carboxylic acids is 1. The molecule has 0 heterocycles. The van der Waals surface area contributed by atoms with E-state index in [0.717, 1.165) is 0 Å². The van der Waals surface area contributed by atoms with Crippen molar-refractivity contribution in [2.24, 2.45) is 0 Å². The highest BCUT2D eigenvalue weighted by Gasteiger charge is 2.08. The number of nitrogens with one attached hydrogen (secondary N) is 2. The third kappa shape index (κ3) is 4.33. The lowest BCUT2D eigenvalue weighted by molar-refractivity contribution is 0.0697. The summed E-state index contributed by atoms with van der Waals surface area (Å²) in [6.07, 6.45) is 0. The standard InChI is InChI=1S/C16H16N2O4S/c1-21-12-6-7-14(22-2)13(9-12)18-16(23)17-11-5-3-4-10(8-11)15(19)20/h3-9H,1-2H3,(H,19,20)(H2,17,18,23). The molecule has 2 aromatic carbocycles. The molecule has 3 N–H and O–H groups in total. The third-order valence-corrected chi connectivity index (χ3v) is 3.23. The molecule has 0 amide bonds. The molecule has 7 heteroatoms. The molecule has 23 heavy (non-hydrogen) atoms. The molecule has 0 aliphatic carbocycles. The van der Waals surface area contributed by atoms with E-state index in [0.29, 0.717) is 28.0 Å². The molecule has 6 nitrogen and oxygen atoms in total. The van der Waals surface area contributed by atoms with Crippen molar-refractivity contribution in [3.8, 4) is 11.5 Å². The van der Waals surface area contributed by atoms with Gasteiger partial charge in [0.25, 0.3) is 0 Å². The Hall–Kier alpha value is -2.80. The minimum absolute atomic E-state index is 0.178. The lowest BCUT2D eigenvalue weighted by Crippen LogP contribution is -2.19. The van der Waals surface area contributed by atoms with Crippen LogP contribution in [0, 0.1) is 0 Å². The number of hydrogen-bond acceptors (Lipinski definition) is 4. The molecule has 0 unspecified atom stereocenters. The van der Waals surface area contributed by atoms with Gasteiger partial charge in [-0.25, -0.2) is 4.79 Å². The number of benzene rings is 2. The van der Waals surface area contributed by atoms with Crippen molar-refractivity contribution in [1.29, 1.82) is 0 Å². The average molecular weight is 332 g/mol. The van der Waals surface area contributed by atoms with Crippen molar-refractivity contribution in [2.45, 2.75) is 0 Å². The second-order valence-corrected chi connectivity index (χ2v) is 4.94. The summed E-state index contributed by atoms with van der Waals surface area (Å²) in [5.74, 6) is 0.264. The number of thiocarbonyl (C=S) groups is 1. The molecule has 0 atom stereocenters. The zero-order chi connectivity index (χ0) is 16.8. The summed E-state index contributed by atoms with van der Waals surface area (Å²) in [6.45, 7) is 0. The lowest BCUT2D eigenvalue weighted by Gasteiger charge is -2.14. The summed E-state index contributed by atoms with van der Waals surface area (Å²) in [7, 11) is 3.12. The van der Waals surface area contributed by atoms with Gasteiger partial charge in [0.1, 0.15) is 11.5 Å². The highest BCUT2D eigenvalue weighted by atomic mass is 32.1.